The Labute approximate surface area is 406 Å². The minimum atomic E-state index is -1.99. The Bertz CT molecular complexity index is 1660. The smallest absolute Gasteiger partial charge is 0.332 e. The molecular formula is C37H61ClN4O26Sn. The number of nitrogens with one attached hydrogen (secondary N) is 1. The number of aliphatic hydroxyl groups is 2. The van der Waals surface area contributed by atoms with Crippen LogP contribution < -0.4 is 5.32 Å². The molecule has 3 N–H and O–H groups in total. The number of amides is 1. The first-order valence-electron chi connectivity index (χ1n) is 21.1. The average molecular weight is 1130 g/mol. The number of fused-ring (bicyclic) bond motifs is 3. The van der Waals surface area contributed by atoms with Crippen molar-refractivity contribution in [2.24, 2.45) is 0 Å². The Morgan fingerprint density at radius 2 is 1.04 bits per heavy atom. The molecule has 0 saturated carbocycles. The van der Waals surface area contributed by atoms with E-state index in [1.54, 1.807) is 0 Å². The van der Waals surface area contributed by atoms with E-state index < -0.39 is 150 Å². The van der Waals surface area contributed by atoms with E-state index in [0.29, 0.717) is 0 Å². The van der Waals surface area contributed by atoms with Crippen molar-refractivity contribution in [3.8, 4) is 0 Å². The van der Waals surface area contributed by atoms with Gasteiger partial charge < -0.3 is 72.7 Å². The summed E-state index contributed by atoms with van der Waals surface area (Å²) in [6.45, 7) is 5.75. The minimum Gasteiger partial charge on any atom is -0.455 e. The maximum atomic E-state index is 11.5. The first kappa shape index (κ1) is 62.7. The van der Waals surface area contributed by atoms with Crippen LogP contribution in [0.25, 0.3) is 0 Å². The first-order valence-corrected chi connectivity index (χ1v) is 26.7. The van der Waals surface area contributed by atoms with E-state index in [0.717, 1.165) is 8.87 Å². The molecule has 0 radical (unpaired) electrons. The molecule has 0 aliphatic carbocycles. The number of rotatable bonds is 19. The standard InChI is InChI=1S/C10H14N2O8.C8H11NO8.C6H9NO6.C4H5ClO3.2C4H9.CH4.O.Sn/c1-5(13)17-4-8(14)11-6-2-18-10-7(20-12(15)16)3-19-9(6)10;10-1-6(11)16-4-2-14-8-5(17-9(12)13)3-15-7(4)8;8-3-1-11-6-4(13-7(9)10)2-12-5(3)6;1-3(6)8-2-4(5)7;2*1-3-4-2;;;/h6-7,9-10H,2-4H2,1H3,(H,11,14);4-5,7-8,10H,1-3H2;3-6,8H,1-2H2;2H2,1H3;2*1,3-4H2,2H3;1H4;;/t6-,7+,9-,10-;4-,5+,7-,8-;3-,4+,5-,6-;;;;;;/m111....../s1. The van der Waals surface area contributed by atoms with Gasteiger partial charge in [-0.3, -0.25) is 19.2 Å². The Kier molecular flexibility index (Phi) is 30.3. The quantitative estimate of drug-likeness (QED) is 0.0361. The Balaban J connectivity index is 0.000000446. The number of unbranched alkanes of at least 4 members (excludes halogenated alkanes) is 2. The van der Waals surface area contributed by atoms with Gasteiger partial charge in [0.25, 0.3) is 26.4 Å². The number of carbonyl (C=O) groups excluding carboxylic acids is 5. The van der Waals surface area contributed by atoms with Gasteiger partial charge in [-0.1, -0.05) is 7.43 Å². The van der Waals surface area contributed by atoms with Crippen LogP contribution in [0.5, 0.6) is 0 Å². The Morgan fingerprint density at radius 3 is 1.48 bits per heavy atom. The van der Waals surface area contributed by atoms with Crippen molar-refractivity contribution >= 4 is 60.4 Å². The van der Waals surface area contributed by atoms with Gasteiger partial charge in [-0.25, -0.2) is 4.79 Å². The van der Waals surface area contributed by atoms with Crippen LogP contribution in [0, 0.1) is 30.3 Å². The number of carbonyl (C=O) groups is 5. The number of hydrogen-bond donors (Lipinski definition) is 3. The molecule has 30 nitrogen and oxygen atoms in total. The average Bonchev–Trinajstić information content (AvgIpc) is 4.14. The number of ether oxygens (including phenoxy) is 9. The molecule has 69 heavy (non-hydrogen) atoms. The van der Waals surface area contributed by atoms with E-state index >= 15 is 0 Å². The summed E-state index contributed by atoms with van der Waals surface area (Å²) in [4.78, 5) is 96.5. The monoisotopic (exact) mass is 1130 g/mol. The number of aliphatic hydroxyl groups excluding tert-OH is 2. The summed E-state index contributed by atoms with van der Waals surface area (Å²) in [5, 5.41) is 47.6. The third-order valence-electron chi connectivity index (χ3n) is 9.79. The first-order chi connectivity index (χ1) is 32.2. The molecule has 0 aromatic carbocycles. The van der Waals surface area contributed by atoms with Gasteiger partial charge >= 0.3 is 89.1 Å². The molecule has 6 heterocycles. The molecule has 0 spiro atoms. The summed E-state index contributed by atoms with van der Waals surface area (Å²) in [5.74, 6) is -2.34. The predicted molar refractivity (Wildman–Crippen MR) is 226 cm³/mol. The Morgan fingerprint density at radius 1 is 0.652 bits per heavy atom. The number of hydrogen-bond acceptors (Lipinski definition) is 26. The van der Waals surface area contributed by atoms with Crippen molar-refractivity contribution < 1.29 is 110 Å². The summed E-state index contributed by atoms with van der Waals surface area (Å²) in [6.07, 6.45) is -2.21. The fourth-order valence-electron chi connectivity index (χ4n) is 6.82. The van der Waals surface area contributed by atoms with Gasteiger partial charge in [0.2, 0.25) is 0 Å². The summed E-state index contributed by atoms with van der Waals surface area (Å²) in [7, 11) is 0. The van der Waals surface area contributed by atoms with Gasteiger partial charge in [-0.05, 0) is 11.6 Å². The fourth-order valence-corrected chi connectivity index (χ4v) is 11.9. The van der Waals surface area contributed by atoms with Crippen LogP contribution in [0.4, 0.5) is 0 Å². The van der Waals surface area contributed by atoms with E-state index in [1.165, 1.54) is 39.5 Å². The third kappa shape index (κ3) is 23.5. The van der Waals surface area contributed by atoms with Gasteiger partial charge in [-0.2, -0.15) is 0 Å². The molecule has 0 unspecified atom stereocenters. The predicted octanol–water partition coefficient (Wildman–Crippen LogP) is -0.645. The van der Waals surface area contributed by atoms with Gasteiger partial charge in [-0.15, -0.1) is 30.3 Å². The van der Waals surface area contributed by atoms with Gasteiger partial charge in [0.15, 0.2) is 37.6 Å². The SMILES string of the molecule is C.CC(=O)OCC(=O)Cl.CC(=O)OCC(=O)N[C@@H]1CO[C@H]2[C@@H]1OC[C@@H]2O[N+](=O)[O-].CCC[CH2][Sn](=[O])[CH2]CCC.O=C(CO)O[C@@H]1CO[C@H]2[C@@H]1OC[C@@H]2O[N+](=O)[O-].O=[N+]([O-])O[C@H]1CO[C@H]2[C@@H]1OC[C@H]2O. The zero-order valence-electron chi connectivity index (χ0n) is 37.4. The second kappa shape index (κ2) is 33.3. The van der Waals surface area contributed by atoms with Gasteiger partial charge in [0.05, 0.1) is 45.7 Å². The molecule has 6 aliphatic heterocycles. The zero-order chi connectivity index (χ0) is 50.9. The maximum Gasteiger partial charge on any atom is 0.332 e. The molecule has 6 aliphatic rings. The summed E-state index contributed by atoms with van der Waals surface area (Å²) < 4.78 is 58.4. The van der Waals surface area contributed by atoms with Crippen molar-refractivity contribution in [3.05, 3.63) is 30.3 Å². The summed E-state index contributed by atoms with van der Waals surface area (Å²) in [5.41, 5.74) is 0. The minimum absolute atomic E-state index is 0. The van der Waals surface area contributed by atoms with E-state index in [1.807, 2.05) is 0 Å². The van der Waals surface area contributed by atoms with E-state index in [-0.39, 0.29) is 53.7 Å². The molecule has 1 amide bonds. The molecule has 6 fully saturated rings. The molecule has 0 aromatic heterocycles. The van der Waals surface area contributed by atoms with E-state index in [4.69, 9.17) is 49.9 Å². The summed E-state index contributed by atoms with van der Waals surface area (Å²) >= 11 is 2.82. The molecule has 0 aromatic rings. The molecule has 0 bridgehead atoms. The van der Waals surface area contributed by atoms with E-state index in [2.05, 4.69) is 43.2 Å². The number of halogens is 1. The van der Waals surface area contributed by atoms with Crippen molar-refractivity contribution in [1.82, 2.24) is 5.32 Å². The van der Waals surface area contributed by atoms with Crippen LogP contribution in [0.15, 0.2) is 0 Å². The molecule has 32 heteroatoms. The van der Waals surface area contributed by atoms with Crippen molar-refractivity contribution in [3.63, 3.8) is 0 Å². The van der Waals surface area contributed by atoms with Crippen LogP contribution in [0.3, 0.4) is 0 Å². The number of esters is 3. The van der Waals surface area contributed by atoms with Crippen molar-refractivity contribution in [2.45, 2.75) is 143 Å². The second-order valence-electron chi connectivity index (χ2n) is 15.0. The van der Waals surface area contributed by atoms with Gasteiger partial charge in [0, 0.05) is 13.8 Å². The molecule has 396 valence electrons. The summed E-state index contributed by atoms with van der Waals surface area (Å²) in [6, 6.07) is -0.455. The molecular weight excluding hydrogens is 1070 g/mol. The second-order valence-corrected chi connectivity index (χ2v) is 21.3. The van der Waals surface area contributed by atoms with E-state index in [9.17, 15) is 62.5 Å². The topological polar surface area (TPSA) is 395 Å². The van der Waals surface area contributed by atoms with Crippen LogP contribution in [-0.2, 0) is 84.2 Å². The largest absolute Gasteiger partial charge is 0.455 e. The van der Waals surface area contributed by atoms with Crippen LogP contribution in [0.1, 0.15) is 60.8 Å². The third-order valence-corrected chi connectivity index (χ3v) is 15.1. The van der Waals surface area contributed by atoms with Crippen molar-refractivity contribution in [2.75, 3.05) is 59.5 Å². The molecule has 6 saturated heterocycles. The van der Waals surface area contributed by atoms with Gasteiger partial charge in [0.1, 0.15) is 49.3 Å². The Hall–Kier alpha value is -4.28. The molecule has 12 atom stereocenters. The zero-order valence-corrected chi connectivity index (χ0v) is 41.1. The maximum absolute atomic E-state index is 11.5. The van der Waals surface area contributed by atoms with Crippen LogP contribution in [0.2, 0.25) is 8.87 Å². The number of nitrogens with zero attached hydrogens (tertiary/aromatic N) is 3. The normalized spacial score (nSPS) is 28.3. The molecule has 6 rings (SSSR count). The van der Waals surface area contributed by atoms with Crippen molar-refractivity contribution in [1.29, 1.82) is 0 Å². The van der Waals surface area contributed by atoms with Crippen LogP contribution in [-0.4, -0.2) is 207 Å². The van der Waals surface area contributed by atoms with Crippen LogP contribution >= 0.6 is 11.6 Å². The fraction of sp³-hybridized carbons (Fsp3) is 0.865.